The molecular formula is C14H30N4. The van der Waals surface area contributed by atoms with Crippen LogP contribution in [0.1, 0.15) is 25.7 Å². The highest BCUT2D eigenvalue weighted by atomic mass is 15.2. The molecule has 0 saturated carbocycles. The van der Waals surface area contributed by atoms with E-state index < -0.39 is 0 Å². The molecule has 4 nitrogen and oxygen atoms in total. The minimum atomic E-state index is 0.647. The fourth-order valence-electron chi connectivity index (χ4n) is 3.41. The van der Waals surface area contributed by atoms with Gasteiger partial charge in [-0.25, -0.2) is 0 Å². The van der Waals surface area contributed by atoms with E-state index >= 15 is 0 Å². The third-order valence-electron chi connectivity index (χ3n) is 4.77. The smallest absolute Gasteiger partial charge is 0.0236 e. The van der Waals surface area contributed by atoms with E-state index in [9.17, 15) is 0 Å². The monoisotopic (exact) mass is 254 g/mol. The van der Waals surface area contributed by atoms with Gasteiger partial charge in [-0.2, -0.15) is 0 Å². The molecule has 4 heteroatoms. The van der Waals surface area contributed by atoms with Gasteiger partial charge in [0.1, 0.15) is 0 Å². The fraction of sp³-hybridized carbons (Fsp3) is 1.00. The van der Waals surface area contributed by atoms with E-state index in [-0.39, 0.29) is 0 Å². The van der Waals surface area contributed by atoms with Gasteiger partial charge in [-0.3, -0.25) is 0 Å². The van der Waals surface area contributed by atoms with Crippen molar-refractivity contribution < 1.29 is 0 Å². The Bertz CT molecular complexity index is 228. The van der Waals surface area contributed by atoms with Crippen molar-refractivity contribution in [2.24, 2.45) is 0 Å². The van der Waals surface area contributed by atoms with Gasteiger partial charge in [-0.05, 0) is 67.0 Å². The summed E-state index contributed by atoms with van der Waals surface area (Å²) in [6.07, 6.45) is 5.14. The minimum Gasteiger partial charge on any atom is -0.312 e. The Morgan fingerprint density at radius 3 is 1.44 bits per heavy atom. The highest BCUT2D eigenvalue weighted by Gasteiger charge is 2.32. The average Bonchev–Trinajstić information content (AvgIpc) is 2.39. The van der Waals surface area contributed by atoms with Crippen LogP contribution in [-0.2, 0) is 0 Å². The SMILES string of the molecule is CN(C)C1CCNC(C2CC(N(C)C)CCN2)C1. The second kappa shape index (κ2) is 6.33. The predicted molar refractivity (Wildman–Crippen MR) is 77.0 cm³/mol. The Morgan fingerprint density at radius 2 is 1.11 bits per heavy atom. The molecule has 2 heterocycles. The molecule has 2 N–H and O–H groups in total. The number of nitrogens with zero attached hydrogens (tertiary/aromatic N) is 2. The van der Waals surface area contributed by atoms with Crippen LogP contribution in [-0.4, -0.2) is 75.2 Å². The van der Waals surface area contributed by atoms with E-state index in [0.717, 1.165) is 12.1 Å². The maximum absolute atomic E-state index is 3.73. The van der Waals surface area contributed by atoms with Gasteiger partial charge < -0.3 is 20.4 Å². The fourth-order valence-corrected chi connectivity index (χ4v) is 3.41. The number of hydrogen-bond acceptors (Lipinski definition) is 4. The molecule has 0 aromatic heterocycles. The Labute approximate surface area is 112 Å². The molecular weight excluding hydrogens is 224 g/mol. The summed E-state index contributed by atoms with van der Waals surface area (Å²) in [6.45, 7) is 2.33. The maximum atomic E-state index is 3.73. The third kappa shape index (κ3) is 3.44. The molecule has 0 spiro atoms. The topological polar surface area (TPSA) is 30.5 Å². The Hall–Kier alpha value is -0.160. The van der Waals surface area contributed by atoms with E-state index in [2.05, 4.69) is 48.6 Å². The van der Waals surface area contributed by atoms with Crippen LogP contribution in [0.5, 0.6) is 0 Å². The number of rotatable bonds is 3. The second-order valence-corrected chi connectivity index (χ2v) is 6.40. The summed E-state index contributed by atoms with van der Waals surface area (Å²) in [5, 5.41) is 7.45. The van der Waals surface area contributed by atoms with Crippen LogP contribution >= 0.6 is 0 Å². The first-order chi connectivity index (χ1) is 8.58. The van der Waals surface area contributed by atoms with Crippen molar-refractivity contribution in [2.75, 3.05) is 41.3 Å². The zero-order chi connectivity index (χ0) is 13.1. The van der Waals surface area contributed by atoms with Crippen LogP contribution in [0.3, 0.4) is 0 Å². The standard InChI is InChI=1S/C14H30N4/c1-17(2)11-5-7-15-13(9-11)14-10-12(18(3)4)6-8-16-14/h11-16H,5-10H2,1-4H3. The van der Waals surface area contributed by atoms with Crippen LogP contribution in [0.15, 0.2) is 0 Å². The summed E-state index contributed by atoms with van der Waals surface area (Å²) in [4.78, 5) is 4.78. The number of piperidine rings is 2. The second-order valence-electron chi connectivity index (χ2n) is 6.40. The minimum absolute atomic E-state index is 0.647. The Morgan fingerprint density at radius 1 is 0.722 bits per heavy atom. The van der Waals surface area contributed by atoms with E-state index in [1.807, 2.05) is 0 Å². The van der Waals surface area contributed by atoms with E-state index in [4.69, 9.17) is 0 Å². The van der Waals surface area contributed by atoms with Crippen LogP contribution in [0, 0.1) is 0 Å². The highest BCUT2D eigenvalue weighted by molar-refractivity contribution is 4.94. The van der Waals surface area contributed by atoms with Gasteiger partial charge in [0.15, 0.2) is 0 Å². The summed E-state index contributed by atoms with van der Waals surface area (Å²) in [5.41, 5.74) is 0. The lowest BCUT2D eigenvalue weighted by molar-refractivity contribution is 0.143. The molecule has 0 amide bonds. The van der Waals surface area contributed by atoms with Crippen LogP contribution < -0.4 is 10.6 Å². The first-order valence-corrected chi connectivity index (χ1v) is 7.37. The zero-order valence-electron chi connectivity index (χ0n) is 12.4. The first kappa shape index (κ1) is 14.3. The summed E-state index contributed by atoms with van der Waals surface area (Å²) >= 11 is 0. The molecule has 2 fully saturated rings. The van der Waals surface area contributed by atoms with Crippen LogP contribution in [0.4, 0.5) is 0 Å². The Balaban J connectivity index is 1.90. The number of nitrogens with one attached hydrogen (secondary N) is 2. The van der Waals surface area contributed by atoms with Crippen LogP contribution in [0.25, 0.3) is 0 Å². The normalized spacial score (nSPS) is 38.3. The van der Waals surface area contributed by atoms with Crippen molar-refractivity contribution in [1.29, 1.82) is 0 Å². The summed E-state index contributed by atoms with van der Waals surface area (Å²) < 4.78 is 0. The molecule has 2 rings (SSSR count). The molecule has 4 atom stereocenters. The molecule has 0 radical (unpaired) electrons. The van der Waals surface area contributed by atoms with Crippen molar-refractivity contribution in [3.8, 4) is 0 Å². The maximum Gasteiger partial charge on any atom is 0.0236 e. The molecule has 0 aliphatic carbocycles. The molecule has 4 unspecified atom stereocenters. The van der Waals surface area contributed by atoms with Gasteiger partial charge in [0.05, 0.1) is 0 Å². The molecule has 2 aliphatic heterocycles. The van der Waals surface area contributed by atoms with E-state index in [1.165, 1.54) is 38.8 Å². The largest absolute Gasteiger partial charge is 0.312 e. The zero-order valence-corrected chi connectivity index (χ0v) is 12.4. The van der Waals surface area contributed by atoms with Crippen LogP contribution in [0.2, 0.25) is 0 Å². The quantitative estimate of drug-likeness (QED) is 0.761. The Kier molecular flexibility index (Phi) is 5.01. The molecule has 18 heavy (non-hydrogen) atoms. The van der Waals surface area contributed by atoms with Crippen molar-refractivity contribution in [3.05, 3.63) is 0 Å². The number of hydrogen-bond donors (Lipinski definition) is 2. The molecule has 0 aromatic rings. The molecule has 2 saturated heterocycles. The van der Waals surface area contributed by atoms with E-state index in [0.29, 0.717) is 12.1 Å². The van der Waals surface area contributed by atoms with Crippen molar-refractivity contribution in [2.45, 2.75) is 49.9 Å². The third-order valence-corrected chi connectivity index (χ3v) is 4.77. The highest BCUT2D eigenvalue weighted by Crippen LogP contribution is 2.21. The molecule has 106 valence electrons. The van der Waals surface area contributed by atoms with Gasteiger partial charge in [-0.15, -0.1) is 0 Å². The lowest BCUT2D eigenvalue weighted by atomic mass is 9.87. The lowest BCUT2D eigenvalue weighted by Gasteiger charge is -2.42. The summed E-state index contributed by atoms with van der Waals surface area (Å²) in [5.74, 6) is 0. The molecule has 0 aromatic carbocycles. The molecule has 0 bridgehead atoms. The summed E-state index contributed by atoms with van der Waals surface area (Å²) in [6, 6.07) is 2.79. The predicted octanol–water partition coefficient (Wildman–Crippen LogP) is 0.351. The molecule has 2 aliphatic rings. The van der Waals surface area contributed by atoms with Crippen molar-refractivity contribution in [1.82, 2.24) is 20.4 Å². The van der Waals surface area contributed by atoms with Gasteiger partial charge in [0.2, 0.25) is 0 Å². The van der Waals surface area contributed by atoms with Gasteiger partial charge in [-0.1, -0.05) is 0 Å². The summed E-state index contributed by atoms with van der Waals surface area (Å²) in [7, 11) is 8.85. The van der Waals surface area contributed by atoms with Crippen molar-refractivity contribution >= 4 is 0 Å². The van der Waals surface area contributed by atoms with Crippen molar-refractivity contribution in [3.63, 3.8) is 0 Å². The lowest BCUT2D eigenvalue weighted by Crippen LogP contribution is -2.58. The van der Waals surface area contributed by atoms with Gasteiger partial charge in [0.25, 0.3) is 0 Å². The first-order valence-electron chi connectivity index (χ1n) is 7.37. The van der Waals surface area contributed by atoms with E-state index in [1.54, 1.807) is 0 Å². The van der Waals surface area contributed by atoms with Gasteiger partial charge in [0, 0.05) is 24.2 Å². The average molecular weight is 254 g/mol. The van der Waals surface area contributed by atoms with Gasteiger partial charge >= 0.3 is 0 Å².